The maximum Gasteiger partial charge on any atom is 0.134 e. The number of fused-ring (bicyclic) bond motifs is 1. The van der Waals surface area contributed by atoms with Crippen LogP contribution in [0.25, 0.3) is 10.8 Å². The van der Waals surface area contributed by atoms with Crippen LogP contribution in [0.1, 0.15) is 16.0 Å². The second kappa shape index (κ2) is 5.31. The summed E-state index contributed by atoms with van der Waals surface area (Å²) >= 11 is 21.3. The van der Waals surface area contributed by atoms with Gasteiger partial charge in [-0.15, -0.1) is 0 Å². The van der Waals surface area contributed by atoms with Crippen LogP contribution in [-0.2, 0) is 6.67 Å². The first-order chi connectivity index (χ1) is 8.04. The number of rotatable bonds is 2. The molecule has 0 aliphatic heterocycles. The van der Waals surface area contributed by atoms with Crippen LogP contribution in [-0.4, -0.2) is 0 Å². The minimum absolute atomic E-state index is 0.299. The van der Waals surface area contributed by atoms with Crippen LogP contribution in [0.15, 0.2) is 28.7 Å². The molecule has 0 unspecified atom stereocenters. The molecule has 0 saturated heterocycles. The fraction of sp³-hybridized carbons (Fsp3) is 0.167. The first-order valence-corrected chi connectivity index (χ1v) is 6.83. The Kier molecular flexibility index (Phi) is 4.19. The number of benzene rings is 2. The van der Waals surface area contributed by atoms with Gasteiger partial charge in [0, 0.05) is 15.6 Å². The fourth-order valence-corrected chi connectivity index (χ4v) is 2.98. The van der Waals surface area contributed by atoms with E-state index < -0.39 is 11.5 Å². The van der Waals surface area contributed by atoms with E-state index in [1.807, 2.05) is 18.2 Å². The number of halogens is 5. The van der Waals surface area contributed by atoms with E-state index in [0.29, 0.717) is 16.1 Å². The van der Waals surface area contributed by atoms with E-state index in [0.717, 1.165) is 15.2 Å². The van der Waals surface area contributed by atoms with Crippen LogP contribution in [0.2, 0.25) is 5.02 Å². The Labute approximate surface area is 122 Å². The highest BCUT2D eigenvalue weighted by Gasteiger charge is 2.17. The van der Waals surface area contributed by atoms with Crippen molar-refractivity contribution in [3.63, 3.8) is 0 Å². The zero-order valence-corrected chi connectivity index (χ0v) is 12.3. The van der Waals surface area contributed by atoms with Crippen LogP contribution < -0.4 is 0 Å². The third kappa shape index (κ3) is 2.55. The fourth-order valence-electron chi connectivity index (χ4n) is 1.74. The number of hydrogen-bond donors (Lipinski definition) is 0. The molecule has 2 aromatic carbocycles. The Morgan fingerprint density at radius 2 is 1.94 bits per heavy atom. The number of alkyl halides is 3. The van der Waals surface area contributed by atoms with Gasteiger partial charge < -0.3 is 0 Å². The molecular weight excluding hydrogens is 349 g/mol. The van der Waals surface area contributed by atoms with Crippen molar-refractivity contribution in [1.29, 1.82) is 0 Å². The van der Waals surface area contributed by atoms with E-state index in [9.17, 15) is 4.39 Å². The van der Waals surface area contributed by atoms with E-state index in [-0.39, 0.29) is 0 Å². The maximum absolute atomic E-state index is 12.9. The van der Waals surface area contributed by atoms with Crippen molar-refractivity contribution in [3.8, 4) is 0 Å². The summed E-state index contributed by atoms with van der Waals surface area (Å²) in [5, 5.41) is 2.00. The molecule has 17 heavy (non-hydrogen) atoms. The van der Waals surface area contributed by atoms with Gasteiger partial charge in [-0.05, 0) is 29.0 Å². The van der Waals surface area contributed by atoms with Gasteiger partial charge in [0.1, 0.15) is 11.5 Å². The molecule has 2 rings (SSSR count). The first-order valence-electron chi connectivity index (χ1n) is 4.79. The quantitative estimate of drug-likeness (QED) is 0.562. The molecule has 0 amide bonds. The zero-order chi connectivity index (χ0) is 12.6. The van der Waals surface area contributed by atoms with E-state index >= 15 is 0 Å². The maximum atomic E-state index is 12.9. The molecule has 0 fully saturated rings. The molecule has 0 radical (unpaired) electrons. The molecule has 0 saturated carbocycles. The lowest BCUT2D eigenvalue weighted by Crippen LogP contribution is -1.93. The molecule has 2 aromatic rings. The van der Waals surface area contributed by atoms with Crippen LogP contribution >= 0.6 is 50.7 Å². The van der Waals surface area contributed by atoms with Gasteiger partial charge in [0.2, 0.25) is 0 Å². The monoisotopic (exact) mass is 354 g/mol. The molecular formula is C12H7BrCl3F. The average Bonchev–Trinajstić information content (AvgIpc) is 2.27. The van der Waals surface area contributed by atoms with Gasteiger partial charge in [0.25, 0.3) is 0 Å². The Balaban J connectivity index is 2.87. The van der Waals surface area contributed by atoms with Crippen molar-refractivity contribution in [2.75, 3.05) is 0 Å². The predicted molar refractivity (Wildman–Crippen MR) is 75.9 cm³/mol. The van der Waals surface area contributed by atoms with Crippen molar-refractivity contribution >= 4 is 61.5 Å². The predicted octanol–water partition coefficient (Wildman–Crippen LogP) is 6.20. The van der Waals surface area contributed by atoms with E-state index in [4.69, 9.17) is 34.8 Å². The minimum Gasteiger partial charge on any atom is -0.246 e. The summed E-state index contributed by atoms with van der Waals surface area (Å²) < 4.78 is 13.7. The van der Waals surface area contributed by atoms with E-state index in [1.54, 1.807) is 6.07 Å². The lowest BCUT2D eigenvalue weighted by atomic mass is 10.0. The van der Waals surface area contributed by atoms with Gasteiger partial charge >= 0.3 is 0 Å². The van der Waals surface area contributed by atoms with Gasteiger partial charge in [0.05, 0.1) is 5.02 Å². The number of hydrogen-bond acceptors (Lipinski definition) is 0. The molecule has 0 N–H and O–H groups in total. The minimum atomic E-state index is -0.786. The lowest BCUT2D eigenvalue weighted by molar-refractivity contribution is 0.485. The molecule has 0 nitrogen and oxygen atoms in total. The molecule has 0 heterocycles. The van der Waals surface area contributed by atoms with Gasteiger partial charge in [-0.3, -0.25) is 0 Å². The Morgan fingerprint density at radius 3 is 2.53 bits per heavy atom. The summed E-state index contributed by atoms with van der Waals surface area (Å²) in [5.41, 5.74) is 0.962. The zero-order valence-electron chi connectivity index (χ0n) is 8.48. The first kappa shape index (κ1) is 13.4. The molecule has 0 aliphatic carbocycles. The summed E-state index contributed by atoms with van der Waals surface area (Å²) in [5.74, 6) is 0. The standard InChI is InChI=1S/C12H7BrCl3F/c13-8-2-1-6-3-7(5-17)11(14)10(12(15)16)9(6)4-8/h1-4,12H,5H2. The highest BCUT2D eigenvalue weighted by molar-refractivity contribution is 9.10. The normalized spacial score (nSPS) is 11.4. The Morgan fingerprint density at radius 1 is 1.24 bits per heavy atom. The van der Waals surface area contributed by atoms with Crippen molar-refractivity contribution in [3.05, 3.63) is 44.9 Å². The van der Waals surface area contributed by atoms with Gasteiger partial charge in [0.15, 0.2) is 0 Å². The van der Waals surface area contributed by atoms with Gasteiger partial charge in [-0.2, -0.15) is 0 Å². The third-order valence-electron chi connectivity index (χ3n) is 2.52. The second-order valence-corrected chi connectivity index (χ2v) is 5.95. The smallest absolute Gasteiger partial charge is 0.134 e. The van der Waals surface area contributed by atoms with E-state index in [2.05, 4.69) is 15.9 Å². The molecule has 90 valence electrons. The largest absolute Gasteiger partial charge is 0.246 e. The molecule has 0 atom stereocenters. The van der Waals surface area contributed by atoms with Crippen molar-refractivity contribution in [1.82, 2.24) is 0 Å². The highest BCUT2D eigenvalue weighted by atomic mass is 79.9. The van der Waals surface area contributed by atoms with Gasteiger partial charge in [-0.25, -0.2) is 4.39 Å². The Bertz CT molecular complexity index is 569. The van der Waals surface area contributed by atoms with Crippen LogP contribution in [0.4, 0.5) is 4.39 Å². The van der Waals surface area contributed by atoms with Crippen molar-refractivity contribution < 1.29 is 4.39 Å². The molecule has 0 bridgehead atoms. The SMILES string of the molecule is FCc1cc2ccc(Br)cc2c(C(Cl)Cl)c1Cl. The molecule has 0 spiro atoms. The van der Waals surface area contributed by atoms with E-state index in [1.165, 1.54) is 0 Å². The summed E-state index contributed by atoms with van der Waals surface area (Å²) in [6, 6.07) is 7.33. The summed E-state index contributed by atoms with van der Waals surface area (Å²) in [7, 11) is 0. The average molecular weight is 356 g/mol. The van der Waals surface area contributed by atoms with Crippen molar-refractivity contribution in [2.45, 2.75) is 11.5 Å². The Hall–Kier alpha value is -0.0200. The highest BCUT2D eigenvalue weighted by Crippen LogP contribution is 2.40. The summed E-state index contributed by atoms with van der Waals surface area (Å²) in [4.78, 5) is -0.786. The summed E-state index contributed by atoms with van der Waals surface area (Å²) in [6.45, 7) is -0.641. The summed E-state index contributed by atoms with van der Waals surface area (Å²) in [6.07, 6.45) is 0. The van der Waals surface area contributed by atoms with Gasteiger partial charge in [-0.1, -0.05) is 56.8 Å². The second-order valence-electron chi connectivity index (χ2n) is 3.56. The molecule has 0 aromatic heterocycles. The topological polar surface area (TPSA) is 0 Å². The van der Waals surface area contributed by atoms with Crippen LogP contribution in [0.3, 0.4) is 0 Å². The lowest BCUT2D eigenvalue weighted by Gasteiger charge is -2.13. The third-order valence-corrected chi connectivity index (χ3v) is 3.89. The molecule has 5 heteroatoms. The molecule has 0 aliphatic rings. The van der Waals surface area contributed by atoms with Crippen LogP contribution in [0.5, 0.6) is 0 Å². The van der Waals surface area contributed by atoms with Crippen LogP contribution in [0, 0.1) is 0 Å². The van der Waals surface area contributed by atoms with Crippen molar-refractivity contribution in [2.24, 2.45) is 0 Å².